The van der Waals surface area contributed by atoms with Crippen LogP contribution >= 0.6 is 0 Å². The maximum atomic E-state index is 13.3. The molecule has 4 aliphatic rings. The van der Waals surface area contributed by atoms with Crippen LogP contribution in [0.5, 0.6) is 0 Å². The van der Waals surface area contributed by atoms with Crippen LogP contribution in [0.3, 0.4) is 0 Å². The zero-order valence-corrected chi connectivity index (χ0v) is 15.6. The van der Waals surface area contributed by atoms with Gasteiger partial charge in [-0.15, -0.1) is 0 Å². The summed E-state index contributed by atoms with van der Waals surface area (Å²) in [6.07, 6.45) is -0.566. The quantitative estimate of drug-likeness (QED) is 0.758. The Hall–Kier alpha value is -2.50. The minimum absolute atomic E-state index is 0.0991. The predicted molar refractivity (Wildman–Crippen MR) is 100 cm³/mol. The molecule has 6 rings (SSSR count). The molecule has 0 N–H and O–H groups in total. The Morgan fingerprint density at radius 2 is 1.64 bits per heavy atom. The van der Waals surface area contributed by atoms with Crippen LogP contribution < -0.4 is 0 Å². The highest BCUT2D eigenvalue weighted by Gasteiger charge is 2.74. The monoisotopic (exact) mass is 375 g/mol. The number of hydrogen-bond acceptors (Lipinski definition) is 4. The smallest absolute Gasteiger partial charge is 0.236 e. The highest BCUT2D eigenvalue weighted by atomic mass is 16.6. The Kier molecular flexibility index (Phi) is 3.24. The van der Waals surface area contributed by atoms with Crippen molar-refractivity contribution in [3.05, 3.63) is 71.3 Å². The van der Waals surface area contributed by atoms with Gasteiger partial charge >= 0.3 is 0 Å². The molecular weight excluding hydrogens is 354 g/mol. The van der Waals surface area contributed by atoms with Gasteiger partial charge in [0.25, 0.3) is 0 Å². The number of carbonyl (C=O) groups is 2. The summed E-state index contributed by atoms with van der Waals surface area (Å²) >= 11 is 0. The Labute approximate surface area is 163 Å². The molecule has 142 valence electrons. The molecule has 2 aromatic rings. The molecule has 5 nitrogen and oxygen atoms in total. The fourth-order valence-corrected chi connectivity index (χ4v) is 5.99. The van der Waals surface area contributed by atoms with Gasteiger partial charge in [0, 0.05) is 12.5 Å². The third-order valence-corrected chi connectivity index (χ3v) is 7.04. The number of benzene rings is 2. The fraction of sp³-hybridized carbons (Fsp3) is 0.391. The van der Waals surface area contributed by atoms with Crippen molar-refractivity contribution in [1.82, 2.24) is 4.90 Å². The van der Waals surface area contributed by atoms with Crippen molar-refractivity contribution >= 4 is 11.8 Å². The van der Waals surface area contributed by atoms with E-state index in [1.54, 1.807) is 0 Å². The van der Waals surface area contributed by atoms with Crippen LogP contribution in [0.4, 0.5) is 0 Å². The fourth-order valence-electron chi connectivity index (χ4n) is 5.99. The van der Waals surface area contributed by atoms with Gasteiger partial charge in [0.05, 0.1) is 30.7 Å². The molecule has 0 saturated carbocycles. The second-order valence-electron chi connectivity index (χ2n) is 8.17. The molecule has 5 heteroatoms. The number of ether oxygens (including phenoxy) is 2. The number of nitrogens with zero attached hydrogens (tertiary/aromatic N) is 1. The largest absolute Gasteiger partial charge is 0.370 e. The molecule has 1 spiro atoms. The van der Waals surface area contributed by atoms with Crippen molar-refractivity contribution < 1.29 is 19.1 Å². The lowest BCUT2D eigenvalue weighted by Crippen LogP contribution is -2.48. The first-order valence-electron chi connectivity index (χ1n) is 9.96. The van der Waals surface area contributed by atoms with E-state index in [2.05, 4.69) is 18.2 Å². The highest BCUT2D eigenvalue weighted by molar-refractivity contribution is 6.07. The van der Waals surface area contributed by atoms with E-state index < -0.39 is 17.4 Å². The minimum Gasteiger partial charge on any atom is -0.370 e. The van der Waals surface area contributed by atoms with E-state index >= 15 is 0 Å². The van der Waals surface area contributed by atoms with Crippen LogP contribution in [0.15, 0.2) is 54.6 Å². The third kappa shape index (κ3) is 1.79. The number of rotatable bonds is 2. The van der Waals surface area contributed by atoms with Gasteiger partial charge in [-0.2, -0.15) is 0 Å². The molecule has 1 unspecified atom stereocenters. The molecule has 3 fully saturated rings. The average Bonchev–Trinajstić information content (AvgIpc) is 3.34. The standard InChI is InChI=1S/C23H21NO4/c1-2-24-21(25)16-18(22(24)26)23-12-27-19(13-8-4-3-5-9-13)17(23)14-10-6-7-11-15(14)20(16)28-23/h3-11,16-20H,2,12H2,1H3/t16-,17-,18-,19?,20+,23-/m0/s1. The molecule has 2 bridgehead atoms. The molecule has 0 aromatic heterocycles. The second-order valence-corrected chi connectivity index (χ2v) is 8.17. The average molecular weight is 375 g/mol. The van der Waals surface area contributed by atoms with Gasteiger partial charge < -0.3 is 9.47 Å². The third-order valence-electron chi connectivity index (χ3n) is 7.04. The predicted octanol–water partition coefficient (Wildman–Crippen LogP) is 2.99. The van der Waals surface area contributed by atoms with Crippen molar-refractivity contribution in [1.29, 1.82) is 0 Å². The van der Waals surface area contributed by atoms with Crippen LogP contribution in [-0.2, 0) is 19.1 Å². The summed E-state index contributed by atoms with van der Waals surface area (Å²) in [6, 6.07) is 18.3. The Bertz CT molecular complexity index is 989. The summed E-state index contributed by atoms with van der Waals surface area (Å²) in [5.41, 5.74) is 2.49. The lowest BCUT2D eigenvalue weighted by molar-refractivity contribution is -0.150. The summed E-state index contributed by atoms with van der Waals surface area (Å²) in [4.78, 5) is 27.8. The number of fused-ring (bicyclic) bond motifs is 3. The van der Waals surface area contributed by atoms with Gasteiger partial charge in [0.1, 0.15) is 5.60 Å². The van der Waals surface area contributed by atoms with Crippen LogP contribution in [0.2, 0.25) is 0 Å². The SMILES string of the molecule is CCN1C(=O)[C@@H]2[C@@H]3O[C@]4(COC(c5ccccc5)[C@@H]4c4ccccc43)[C@@H]2C1=O. The van der Waals surface area contributed by atoms with Gasteiger partial charge in [0.15, 0.2) is 0 Å². The van der Waals surface area contributed by atoms with E-state index in [4.69, 9.17) is 9.47 Å². The van der Waals surface area contributed by atoms with Crippen molar-refractivity contribution in [3.8, 4) is 0 Å². The Morgan fingerprint density at radius 1 is 0.929 bits per heavy atom. The maximum Gasteiger partial charge on any atom is 0.236 e. The lowest BCUT2D eigenvalue weighted by Gasteiger charge is -2.40. The van der Waals surface area contributed by atoms with Gasteiger partial charge in [-0.25, -0.2) is 0 Å². The van der Waals surface area contributed by atoms with E-state index in [0.29, 0.717) is 13.2 Å². The van der Waals surface area contributed by atoms with Crippen LogP contribution in [0.1, 0.15) is 41.7 Å². The van der Waals surface area contributed by atoms with Gasteiger partial charge in [-0.1, -0.05) is 54.6 Å². The Morgan fingerprint density at radius 3 is 2.39 bits per heavy atom. The number of carbonyl (C=O) groups excluding carboxylic acids is 2. The van der Waals surface area contributed by atoms with Crippen molar-refractivity contribution in [2.45, 2.75) is 30.7 Å². The highest BCUT2D eigenvalue weighted by Crippen LogP contribution is 2.67. The normalized spacial score (nSPS) is 37.8. The molecule has 3 aliphatic heterocycles. The van der Waals surface area contributed by atoms with Gasteiger partial charge in [-0.05, 0) is 23.6 Å². The lowest BCUT2D eigenvalue weighted by atomic mass is 9.71. The number of likely N-dealkylation sites (tertiary alicyclic amines) is 1. The van der Waals surface area contributed by atoms with E-state index in [1.807, 2.05) is 43.3 Å². The van der Waals surface area contributed by atoms with Crippen molar-refractivity contribution in [2.75, 3.05) is 13.2 Å². The van der Waals surface area contributed by atoms with E-state index in [0.717, 1.165) is 16.7 Å². The van der Waals surface area contributed by atoms with Crippen LogP contribution in [0.25, 0.3) is 0 Å². The topological polar surface area (TPSA) is 55.8 Å². The zero-order chi connectivity index (χ0) is 19.0. The molecule has 28 heavy (non-hydrogen) atoms. The maximum absolute atomic E-state index is 13.3. The van der Waals surface area contributed by atoms with Gasteiger partial charge in [-0.3, -0.25) is 14.5 Å². The first-order valence-corrected chi connectivity index (χ1v) is 9.96. The van der Waals surface area contributed by atoms with Crippen LogP contribution in [0, 0.1) is 11.8 Å². The molecule has 2 amide bonds. The van der Waals surface area contributed by atoms with Gasteiger partial charge in [0.2, 0.25) is 11.8 Å². The Balaban J connectivity index is 1.57. The summed E-state index contributed by atoms with van der Waals surface area (Å²) in [7, 11) is 0. The molecule has 2 aromatic carbocycles. The number of hydrogen-bond donors (Lipinski definition) is 0. The summed E-state index contributed by atoms with van der Waals surface area (Å²) in [5.74, 6) is -1.23. The van der Waals surface area contributed by atoms with E-state index in [9.17, 15) is 9.59 Å². The van der Waals surface area contributed by atoms with Crippen LogP contribution in [-0.4, -0.2) is 35.5 Å². The molecule has 6 atom stereocenters. The molecule has 0 radical (unpaired) electrons. The van der Waals surface area contributed by atoms with E-state index in [1.165, 1.54) is 4.90 Å². The minimum atomic E-state index is -0.777. The van der Waals surface area contributed by atoms with Crippen molar-refractivity contribution in [2.24, 2.45) is 11.8 Å². The number of amides is 2. The summed E-state index contributed by atoms with van der Waals surface area (Å²) in [6.45, 7) is 2.59. The van der Waals surface area contributed by atoms with Crippen molar-refractivity contribution in [3.63, 3.8) is 0 Å². The molecule has 3 heterocycles. The molecular formula is C23H21NO4. The second kappa shape index (κ2) is 5.52. The molecule has 1 aliphatic carbocycles. The number of imide groups is 1. The van der Waals surface area contributed by atoms with E-state index in [-0.39, 0.29) is 29.9 Å². The molecule has 3 saturated heterocycles. The zero-order valence-electron chi connectivity index (χ0n) is 15.6. The first kappa shape index (κ1) is 16.5. The first-order chi connectivity index (χ1) is 13.7. The summed E-state index contributed by atoms with van der Waals surface area (Å²) in [5, 5.41) is 0. The summed E-state index contributed by atoms with van der Waals surface area (Å²) < 4.78 is 12.9.